The quantitative estimate of drug-likeness (QED) is 0.902. The molecule has 1 aliphatic heterocycles. The molecule has 7 heteroatoms. The van der Waals surface area contributed by atoms with E-state index in [4.69, 9.17) is 0 Å². The molecule has 24 heavy (non-hydrogen) atoms. The van der Waals surface area contributed by atoms with E-state index in [2.05, 4.69) is 25.2 Å². The lowest BCUT2D eigenvalue weighted by molar-refractivity contribution is -0.114. The second-order valence-electron chi connectivity index (χ2n) is 6.45. The summed E-state index contributed by atoms with van der Waals surface area (Å²) in [6, 6.07) is 0. The molecule has 1 saturated heterocycles. The minimum absolute atomic E-state index is 0.0771. The van der Waals surface area contributed by atoms with Gasteiger partial charge in [-0.05, 0) is 39.2 Å². The molecule has 3 heterocycles. The molecule has 1 unspecified atom stereocenters. The summed E-state index contributed by atoms with van der Waals surface area (Å²) in [7, 11) is 0. The summed E-state index contributed by atoms with van der Waals surface area (Å²) in [5.74, 6) is 0.550. The zero-order chi connectivity index (χ0) is 17.1. The summed E-state index contributed by atoms with van der Waals surface area (Å²) in [5, 5.41) is 3.42. The van der Waals surface area contributed by atoms with Crippen molar-refractivity contribution in [2.45, 2.75) is 40.2 Å². The number of carbonyl (C=O) groups is 1. The molecule has 0 spiro atoms. The third-order valence-corrected chi connectivity index (χ3v) is 5.14. The number of nitrogens with one attached hydrogen (secondary N) is 1. The van der Waals surface area contributed by atoms with Crippen LogP contribution in [0.3, 0.4) is 0 Å². The molecule has 0 radical (unpaired) electrons. The molecular formula is C17H23N5OS. The standard InChI is InChI=1S/C17H23N5OS/c1-11-7-18-12(2)16(20-11)6-14-4-5-22(9-14)10-15-8-19-17(24-15)21-13(3)23/h7-8,14H,4-6,9-10H2,1-3H3,(H,19,21,23). The highest BCUT2D eigenvalue weighted by Gasteiger charge is 2.24. The first-order chi connectivity index (χ1) is 11.5. The van der Waals surface area contributed by atoms with Gasteiger partial charge in [0, 0.05) is 37.3 Å². The van der Waals surface area contributed by atoms with Gasteiger partial charge in [-0.2, -0.15) is 0 Å². The van der Waals surface area contributed by atoms with Crippen LogP contribution in [0.15, 0.2) is 12.4 Å². The Morgan fingerprint density at radius 1 is 1.38 bits per heavy atom. The highest BCUT2D eigenvalue weighted by Crippen LogP contribution is 2.25. The second kappa shape index (κ2) is 7.36. The molecule has 1 aliphatic rings. The molecule has 3 rings (SSSR count). The van der Waals surface area contributed by atoms with Gasteiger partial charge in [-0.1, -0.05) is 0 Å². The number of hydrogen-bond acceptors (Lipinski definition) is 6. The van der Waals surface area contributed by atoms with E-state index in [1.54, 1.807) is 11.3 Å². The zero-order valence-electron chi connectivity index (χ0n) is 14.4. The molecule has 1 N–H and O–H groups in total. The Morgan fingerprint density at radius 3 is 3.00 bits per heavy atom. The summed E-state index contributed by atoms with van der Waals surface area (Å²) in [6.45, 7) is 8.59. The molecule has 0 saturated carbocycles. The highest BCUT2D eigenvalue weighted by molar-refractivity contribution is 7.15. The zero-order valence-corrected chi connectivity index (χ0v) is 15.2. The summed E-state index contributed by atoms with van der Waals surface area (Å²) in [5.41, 5.74) is 3.16. The van der Waals surface area contributed by atoms with Gasteiger partial charge in [0.25, 0.3) is 0 Å². The first kappa shape index (κ1) is 17.0. The average molecular weight is 345 g/mol. The molecule has 2 aromatic rings. The summed E-state index contributed by atoms with van der Waals surface area (Å²) < 4.78 is 0. The number of anilines is 1. The van der Waals surface area contributed by atoms with Crippen LogP contribution in [0.2, 0.25) is 0 Å². The number of aryl methyl sites for hydroxylation is 2. The number of nitrogens with zero attached hydrogens (tertiary/aromatic N) is 4. The van der Waals surface area contributed by atoms with Crippen LogP contribution in [0.5, 0.6) is 0 Å². The molecule has 1 atom stereocenters. The minimum atomic E-state index is -0.0771. The van der Waals surface area contributed by atoms with Crippen molar-refractivity contribution in [2.75, 3.05) is 18.4 Å². The summed E-state index contributed by atoms with van der Waals surface area (Å²) in [4.78, 5) is 28.0. The first-order valence-electron chi connectivity index (χ1n) is 8.23. The van der Waals surface area contributed by atoms with E-state index in [1.807, 2.05) is 26.2 Å². The number of carbonyl (C=O) groups excluding carboxylic acids is 1. The van der Waals surface area contributed by atoms with Crippen LogP contribution in [0.25, 0.3) is 0 Å². The van der Waals surface area contributed by atoms with Gasteiger partial charge in [0.05, 0.1) is 17.1 Å². The van der Waals surface area contributed by atoms with Crippen molar-refractivity contribution < 1.29 is 4.79 Å². The number of aromatic nitrogens is 3. The molecule has 6 nitrogen and oxygen atoms in total. The molecule has 1 amide bonds. The Balaban J connectivity index is 1.54. The van der Waals surface area contributed by atoms with Crippen molar-refractivity contribution in [2.24, 2.45) is 5.92 Å². The van der Waals surface area contributed by atoms with Gasteiger partial charge in [-0.15, -0.1) is 11.3 Å². The lowest BCUT2D eigenvalue weighted by Gasteiger charge is -2.15. The smallest absolute Gasteiger partial charge is 0.223 e. The van der Waals surface area contributed by atoms with Crippen molar-refractivity contribution in [1.82, 2.24) is 19.9 Å². The van der Waals surface area contributed by atoms with Gasteiger partial charge in [0.1, 0.15) is 0 Å². The molecule has 0 aliphatic carbocycles. The molecule has 0 bridgehead atoms. The Kier molecular flexibility index (Phi) is 5.20. The first-order valence-corrected chi connectivity index (χ1v) is 9.05. The maximum Gasteiger partial charge on any atom is 0.223 e. The molecule has 0 aromatic carbocycles. The van der Waals surface area contributed by atoms with Crippen LogP contribution in [0.1, 0.15) is 35.3 Å². The van der Waals surface area contributed by atoms with E-state index in [0.29, 0.717) is 11.0 Å². The van der Waals surface area contributed by atoms with Crippen molar-refractivity contribution in [1.29, 1.82) is 0 Å². The minimum Gasteiger partial charge on any atom is -0.302 e. The van der Waals surface area contributed by atoms with Crippen molar-refractivity contribution in [3.8, 4) is 0 Å². The normalized spacial score (nSPS) is 18.0. The Morgan fingerprint density at radius 2 is 2.21 bits per heavy atom. The third kappa shape index (κ3) is 4.36. The average Bonchev–Trinajstić information content (AvgIpc) is 3.13. The van der Waals surface area contributed by atoms with Crippen LogP contribution in [0.4, 0.5) is 5.13 Å². The van der Waals surface area contributed by atoms with Gasteiger partial charge in [-0.3, -0.25) is 19.7 Å². The topological polar surface area (TPSA) is 71.0 Å². The van der Waals surface area contributed by atoms with E-state index in [0.717, 1.165) is 43.1 Å². The summed E-state index contributed by atoms with van der Waals surface area (Å²) in [6.07, 6.45) is 5.87. The Labute approximate surface area is 146 Å². The van der Waals surface area contributed by atoms with Crippen LogP contribution >= 0.6 is 11.3 Å². The SMILES string of the molecule is CC(=O)Nc1ncc(CN2CCC(Cc3nc(C)cnc3C)C2)s1. The third-order valence-electron chi connectivity index (χ3n) is 4.24. The lowest BCUT2D eigenvalue weighted by Crippen LogP contribution is -2.20. The predicted molar refractivity (Wildman–Crippen MR) is 95.0 cm³/mol. The lowest BCUT2D eigenvalue weighted by atomic mass is 10.0. The van der Waals surface area contributed by atoms with E-state index in [-0.39, 0.29) is 5.91 Å². The van der Waals surface area contributed by atoms with Crippen LogP contribution in [-0.2, 0) is 17.8 Å². The van der Waals surface area contributed by atoms with Crippen molar-refractivity contribution in [3.05, 3.63) is 34.4 Å². The van der Waals surface area contributed by atoms with Crippen molar-refractivity contribution >= 4 is 22.4 Å². The maximum atomic E-state index is 11.1. The van der Waals surface area contributed by atoms with Crippen molar-refractivity contribution in [3.63, 3.8) is 0 Å². The number of rotatable bonds is 5. The van der Waals surface area contributed by atoms with Gasteiger partial charge in [0.15, 0.2) is 5.13 Å². The molecular weight excluding hydrogens is 322 g/mol. The van der Waals surface area contributed by atoms with E-state index in [1.165, 1.54) is 18.2 Å². The summed E-state index contributed by atoms with van der Waals surface area (Å²) >= 11 is 1.55. The van der Waals surface area contributed by atoms with Gasteiger partial charge >= 0.3 is 0 Å². The second-order valence-corrected chi connectivity index (χ2v) is 7.57. The molecule has 2 aromatic heterocycles. The molecule has 1 fully saturated rings. The van der Waals surface area contributed by atoms with E-state index < -0.39 is 0 Å². The maximum absolute atomic E-state index is 11.1. The van der Waals surface area contributed by atoms with Crippen LogP contribution < -0.4 is 5.32 Å². The number of hydrogen-bond donors (Lipinski definition) is 1. The van der Waals surface area contributed by atoms with Gasteiger partial charge in [-0.25, -0.2) is 4.98 Å². The van der Waals surface area contributed by atoms with E-state index >= 15 is 0 Å². The predicted octanol–water partition coefficient (Wildman–Crippen LogP) is 2.57. The van der Waals surface area contributed by atoms with Gasteiger partial charge < -0.3 is 5.32 Å². The highest BCUT2D eigenvalue weighted by atomic mass is 32.1. The number of likely N-dealkylation sites (tertiary alicyclic amines) is 1. The van der Waals surface area contributed by atoms with Gasteiger partial charge in [0.2, 0.25) is 5.91 Å². The fourth-order valence-corrected chi connectivity index (χ4v) is 3.99. The monoisotopic (exact) mass is 345 g/mol. The van der Waals surface area contributed by atoms with Crippen LogP contribution in [-0.4, -0.2) is 38.8 Å². The van der Waals surface area contributed by atoms with Crippen LogP contribution in [0, 0.1) is 19.8 Å². The number of thiazole rings is 1. The van der Waals surface area contributed by atoms with E-state index in [9.17, 15) is 4.79 Å². The Hall–Kier alpha value is -1.86. The fraction of sp³-hybridized carbons (Fsp3) is 0.529. The molecule has 128 valence electrons. The Bertz CT molecular complexity index is 730. The fourth-order valence-electron chi connectivity index (χ4n) is 3.09. The number of amides is 1. The largest absolute Gasteiger partial charge is 0.302 e.